The predicted molar refractivity (Wildman–Crippen MR) is 98.6 cm³/mol. The molecule has 7 nitrogen and oxygen atoms in total. The van der Waals surface area contributed by atoms with Crippen molar-refractivity contribution >= 4 is 28.9 Å². The largest absolute Gasteiger partial charge is 0.418 e. The van der Waals surface area contributed by atoms with Crippen molar-refractivity contribution in [3.63, 3.8) is 0 Å². The predicted octanol–water partition coefficient (Wildman–Crippen LogP) is 4.52. The fraction of sp³-hybridized carbons (Fsp3) is 0.263. The molecule has 2 aromatic rings. The van der Waals surface area contributed by atoms with E-state index in [9.17, 15) is 32.9 Å². The number of alkyl halides is 3. The average Bonchev–Trinajstić information content (AvgIpc) is 3.47. The number of nitro groups is 1. The maximum absolute atomic E-state index is 13.5. The summed E-state index contributed by atoms with van der Waals surface area (Å²) in [5.41, 5.74) is -2.07. The van der Waals surface area contributed by atoms with Crippen molar-refractivity contribution in [1.82, 2.24) is 0 Å². The second-order valence-electron chi connectivity index (χ2n) is 6.68. The van der Waals surface area contributed by atoms with Crippen LogP contribution in [0.5, 0.6) is 0 Å². The number of amides is 2. The number of anilines is 2. The second kappa shape index (κ2) is 7.53. The molecule has 0 atom stereocenters. The van der Waals surface area contributed by atoms with Crippen molar-refractivity contribution < 1.29 is 27.7 Å². The van der Waals surface area contributed by atoms with Crippen LogP contribution in [0.2, 0.25) is 0 Å². The molecule has 0 unspecified atom stereocenters. The fourth-order valence-electron chi connectivity index (χ4n) is 2.81. The summed E-state index contributed by atoms with van der Waals surface area (Å²) in [6, 6.07) is 6.80. The molecule has 0 aromatic heterocycles. The summed E-state index contributed by atoms with van der Waals surface area (Å²) in [5.74, 6) is -1.44. The number of rotatable bonds is 5. The summed E-state index contributed by atoms with van der Waals surface area (Å²) in [4.78, 5) is 34.6. The molecule has 2 aromatic carbocycles. The zero-order valence-electron chi connectivity index (χ0n) is 15.2. The number of hydrogen-bond donors (Lipinski definition) is 2. The van der Waals surface area contributed by atoms with Gasteiger partial charge in [0, 0.05) is 28.8 Å². The van der Waals surface area contributed by atoms with Gasteiger partial charge in [-0.25, -0.2) is 0 Å². The third-order valence-corrected chi connectivity index (χ3v) is 4.54. The van der Waals surface area contributed by atoms with E-state index in [1.165, 1.54) is 31.2 Å². The highest BCUT2D eigenvalue weighted by atomic mass is 19.4. The average molecular weight is 407 g/mol. The van der Waals surface area contributed by atoms with Crippen molar-refractivity contribution in [2.75, 3.05) is 10.6 Å². The number of nitrogens with zero attached hydrogens (tertiary/aromatic N) is 1. The molecular weight excluding hydrogens is 391 g/mol. The number of hydrogen-bond acceptors (Lipinski definition) is 4. The van der Waals surface area contributed by atoms with Gasteiger partial charge in [-0.3, -0.25) is 19.7 Å². The minimum Gasteiger partial charge on any atom is -0.326 e. The molecular formula is C19H16F3N3O4. The number of halogens is 3. The maximum Gasteiger partial charge on any atom is 0.418 e. The summed E-state index contributed by atoms with van der Waals surface area (Å²) in [6.45, 7) is 1.34. The smallest absolute Gasteiger partial charge is 0.326 e. The molecule has 152 valence electrons. The molecule has 10 heteroatoms. The van der Waals surface area contributed by atoms with Crippen LogP contribution < -0.4 is 10.6 Å². The normalized spacial score (nSPS) is 13.7. The van der Waals surface area contributed by atoms with Gasteiger partial charge < -0.3 is 10.6 Å². The SMILES string of the molecule is Cc1c(C(=O)Nc2ccc(NC(=O)C3CC3)cc2C(F)(F)F)cccc1[N+](=O)[O-]. The standard InChI is InChI=1S/C19H16F3N3O4/c1-10-13(3-2-4-16(10)25(28)29)18(27)24-15-8-7-12(9-14(15)19(20,21)22)23-17(26)11-5-6-11/h2-4,7-9,11H,5-6H2,1H3,(H,23,26)(H,24,27). The molecule has 0 radical (unpaired) electrons. The summed E-state index contributed by atoms with van der Waals surface area (Å²) in [7, 11) is 0. The molecule has 0 aliphatic heterocycles. The van der Waals surface area contributed by atoms with Gasteiger partial charge in [0.05, 0.1) is 16.2 Å². The summed E-state index contributed by atoms with van der Waals surface area (Å²) >= 11 is 0. The van der Waals surface area contributed by atoms with Crippen LogP contribution in [0.25, 0.3) is 0 Å². The molecule has 0 heterocycles. The van der Waals surface area contributed by atoms with Crippen LogP contribution in [0.3, 0.4) is 0 Å². The van der Waals surface area contributed by atoms with Crippen molar-refractivity contribution in [1.29, 1.82) is 0 Å². The van der Waals surface area contributed by atoms with E-state index in [2.05, 4.69) is 10.6 Å². The van der Waals surface area contributed by atoms with Crippen LogP contribution in [0.1, 0.15) is 34.3 Å². The molecule has 2 N–H and O–H groups in total. The Kier molecular flexibility index (Phi) is 5.27. The fourth-order valence-corrected chi connectivity index (χ4v) is 2.81. The first kappa shape index (κ1) is 20.3. The summed E-state index contributed by atoms with van der Waals surface area (Å²) in [5, 5.41) is 15.6. The van der Waals surface area contributed by atoms with Crippen LogP contribution in [0.4, 0.5) is 30.2 Å². The van der Waals surface area contributed by atoms with Gasteiger partial charge in [0.15, 0.2) is 0 Å². The van der Waals surface area contributed by atoms with Gasteiger partial charge in [0.25, 0.3) is 11.6 Å². The Bertz CT molecular complexity index is 1000. The van der Waals surface area contributed by atoms with Crippen LogP contribution in [0, 0.1) is 23.0 Å². The number of nitrogens with one attached hydrogen (secondary N) is 2. The molecule has 3 rings (SSSR count). The van der Waals surface area contributed by atoms with E-state index in [4.69, 9.17) is 0 Å². The van der Waals surface area contributed by atoms with Crippen molar-refractivity contribution in [3.8, 4) is 0 Å². The first-order chi connectivity index (χ1) is 13.6. The van der Waals surface area contributed by atoms with E-state index in [-0.39, 0.29) is 34.3 Å². The summed E-state index contributed by atoms with van der Waals surface area (Å²) in [6.07, 6.45) is -3.38. The summed E-state index contributed by atoms with van der Waals surface area (Å²) < 4.78 is 40.5. The quantitative estimate of drug-likeness (QED) is 0.562. The van der Waals surface area contributed by atoms with Crippen LogP contribution in [0.15, 0.2) is 36.4 Å². The van der Waals surface area contributed by atoms with Crippen molar-refractivity contribution in [2.24, 2.45) is 5.92 Å². The highest BCUT2D eigenvalue weighted by Crippen LogP contribution is 2.38. The minimum atomic E-state index is -4.79. The molecule has 2 amide bonds. The van der Waals surface area contributed by atoms with Gasteiger partial charge in [0.1, 0.15) is 0 Å². The Hall–Kier alpha value is -3.43. The molecule has 1 saturated carbocycles. The lowest BCUT2D eigenvalue weighted by molar-refractivity contribution is -0.385. The van der Waals surface area contributed by atoms with E-state index >= 15 is 0 Å². The van der Waals surface area contributed by atoms with E-state index in [0.29, 0.717) is 12.8 Å². The third-order valence-electron chi connectivity index (χ3n) is 4.54. The third kappa shape index (κ3) is 4.53. The monoisotopic (exact) mass is 407 g/mol. The molecule has 1 fully saturated rings. The molecule has 0 bridgehead atoms. The zero-order valence-corrected chi connectivity index (χ0v) is 15.2. The van der Waals surface area contributed by atoms with Crippen LogP contribution >= 0.6 is 0 Å². The topological polar surface area (TPSA) is 101 Å². The molecule has 1 aliphatic carbocycles. The first-order valence-electron chi connectivity index (χ1n) is 8.65. The van der Waals surface area contributed by atoms with Crippen LogP contribution in [-0.2, 0) is 11.0 Å². The van der Waals surface area contributed by atoms with E-state index < -0.39 is 28.3 Å². The highest BCUT2D eigenvalue weighted by molar-refractivity contribution is 6.06. The lowest BCUT2D eigenvalue weighted by Crippen LogP contribution is -2.19. The Labute approximate surface area is 163 Å². The molecule has 29 heavy (non-hydrogen) atoms. The molecule has 0 saturated heterocycles. The van der Waals surface area contributed by atoms with E-state index in [0.717, 1.165) is 12.1 Å². The van der Waals surface area contributed by atoms with Gasteiger partial charge >= 0.3 is 6.18 Å². The Balaban J connectivity index is 1.90. The van der Waals surface area contributed by atoms with Crippen molar-refractivity contribution in [2.45, 2.75) is 25.9 Å². The zero-order chi connectivity index (χ0) is 21.3. The molecule has 1 aliphatic rings. The number of carbonyl (C=O) groups excluding carboxylic acids is 2. The highest BCUT2D eigenvalue weighted by Gasteiger charge is 2.35. The first-order valence-corrected chi connectivity index (χ1v) is 8.65. The second-order valence-corrected chi connectivity index (χ2v) is 6.68. The number of benzene rings is 2. The van der Waals surface area contributed by atoms with E-state index in [1.54, 1.807) is 0 Å². The van der Waals surface area contributed by atoms with Crippen molar-refractivity contribution in [3.05, 3.63) is 63.2 Å². The van der Waals surface area contributed by atoms with Gasteiger partial charge in [-0.05, 0) is 44.0 Å². The lowest BCUT2D eigenvalue weighted by atomic mass is 10.1. The van der Waals surface area contributed by atoms with Crippen LogP contribution in [-0.4, -0.2) is 16.7 Å². The maximum atomic E-state index is 13.5. The Morgan fingerprint density at radius 2 is 1.83 bits per heavy atom. The van der Waals surface area contributed by atoms with Gasteiger partial charge in [-0.15, -0.1) is 0 Å². The minimum absolute atomic E-state index is 0.0289. The Morgan fingerprint density at radius 1 is 1.14 bits per heavy atom. The van der Waals surface area contributed by atoms with Gasteiger partial charge in [-0.1, -0.05) is 6.07 Å². The van der Waals surface area contributed by atoms with Gasteiger partial charge in [-0.2, -0.15) is 13.2 Å². The van der Waals surface area contributed by atoms with E-state index in [1.807, 2.05) is 0 Å². The number of nitro benzene ring substituents is 1. The Morgan fingerprint density at radius 3 is 2.41 bits per heavy atom. The lowest BCUT2D eigenvalue weighted by Gasteiger charge is -2.16. The van der Waals surface area contributed by atoms with Gasteiger partial charge in [0.2, 0.25) is 5.91 Å². The number of carbonyl (C=O) groups is 2. The molecule has 0 spiro atoms.